The summed E-state index contributed by atoms with van der Waals surface area (Å²) in [4.78, 5) is 14.5. The molecule has 3 rings (SSSR count). The molecule has 0 aromatic carbocycles. The summed E-state index contributed by atoms with van der Waals surface area (Å²) in [6.07, 6.45) is 2.38. The first kappa shape index (κ1) is 12.9. The van der Waals surface area contributed by atoms with Gasteiger partial charge < -0.3 is 9.42 Å². The molecule has 6 heteroatoms. The lowest BCUT2D eigenvalue weighted by atomic mass is 10.1. The molecule has 1 atom stereocenters. The van der Waals surface area contributed by atoms with Crippen LogP contribution in [0.1, 0.15) is 35.6 Å². The largest absolute Gasteiger partial charge is 0.364 e. The number of aryl methyl sites for hydroxylation is 2. The summed E-state index contributed by atoms with van der Waals surface area (Å²) in [5.41, 5.74) is 3.91. The summed E-state index contributed by atoms with van der Waals surface area (Å²) < 4.78 is 6.75. The van der Waals surface area contributed by atoms with E-state index in [0.29, 0.717) is 13.1 Å². The zero-order chi connectivity index (χ0) is 14.3. The SMILES string of the molecule is Cc1cc(C)n([C@@H](C)C(=O)N2CCc3nocc3C2)n1. The monoisotopic (exact) mass is 274 g/mol. The molecular weight excluding hydrogens is 256 g/mol. The third-order valence-corrected chi connectivity index (χ3v) is 3.79. The Kier molecular flexibility index (Phi) is 3.08. The van der Waals surface area contributed by atoms with Gasteiger partial charge in [0.15, 0.2) is 0 Å². The number of hydrogen-bond donors (Lipinski definition) is 0. The standard InChI is InChI=1S/C14H18N4O2/c1-9-6-10(2)18(15-9)11(3)14(19)17-5-4-13-12(7-17)8-20-16-13/h6,8,11H,4-5,7H2,1-3H3/t11-/m0/s1. The summed E-state index contributed by atoms with van der Waals surface area (Å²) in [5, 5.41) is 8.34. The van der Waals surface area contributed by atoms with Crippen molar-refractivity contribution in [2.24, 2.45) is 0 Å². The molecule has 0 unspecified atom stereocenters. The number of nitrogens with zero attached hydrogens (tertiary/aromatic N) is 4. The number of carbonyl (C=O) groups excluding carboxylic acids is 1. The number of aromatic nitrogens is 3. The molecule has 3 heterocycles. The van der Waals surface area contributed by atoms with Crippen molar-refractivity contribution >= 4 is 5.91 Å². The van der Waals surface area contributed by atoms with E-state index in [1.54, 1.807) is 10.9 Å². The van der Waals surface area contributed by atoms with Crippen molar-refractivity contribution in [3.8, 4) is 0 Å². The zero-order valence-electron chi connectivity index (χ0n) is 12.0. The van der Waals surface area contributed by atoms with Crippen LogP contribution < -0.4 is 0 Å². The van der Waals surface area contributed by atoms with Gasteiger partial charge in [-0.3, -0.25) is 9.48 Å². The fraction of sp³-hybridized carbons (Fsp3) is 0.500. The molecule has 2 aromatic rings. The van der Waals surface area contributed by atoms with Gasteiger partial charge in [0.25, 0.3) is 0 Å². The molecule has 106 valence electrons. The number of fused-ring (bicyclic) bond motifs is 1. The molecular formula is C14H18N4O2. The van der Waals surface area contributed by atoms with Crippen LogP contribution in [0.2, 0.25) is 0 Å². The first-order valence-corrected chi connectivity index (χ1v) is 6.80. The Morgan fingerprint density at radius 2 is 2.25 bits per heavy atom. The van der Waals surface area contributed by atoms with E-state index in [9.17, 15) is 4.79 Å². The van der Waals surface area contributed by atoms with E-state index in [0.717, 1.165) is 29.1 Å². The van der Waals surface area contributed by atoms with Crippen LogP contribution >= 0.6 is 0 Å². The van der Waals surface area contributed by atoms with Crippen LogP contribution in [0.5, 0.6) is 0 Å². The summed E-state index contributed by atoms with van der Waals surface area (Å²) in [7, 11) is 0. The van der Waals surface area contributed by atoms with Crippen LogP contribution in [-0.4, -0.2) is 32.3 Å². The van der Waals surface area contributed by atoms with Crippen molar-refractivity contribution in [2.45, 2.75) is 39.8 Å². The molecule has 1 aliphatic rings. The predicted octanol–water partition coefficient (Wildman–Crippen LogP) is 1.63. The van der Waals surface area contributed by atoms with Crippen LogP contribution in [0.25, 0.3) is 0 Å². The summed E-state index contributed by atoms with van der Waals surface area (Å²) in [5.74, 6) is 0.0862. The summed E-state index contributed by atoms with van der Waals surface area (Å²) >= 11 is 0. The summed E-state index contributed by atoms with van der Waals surface area (Å²) in [6, 6.07) is 1.70. The Morgan fingerprint density at radius 1 is 1.45 bits per heavy atom. The van der Waals surface area contributed by atoms with Gasteiger partial charge in [-0.05, 0) is 26.8 Å². The van der Waals surface area contributed by atoms with Crippen molar-refractivity contribution in [1.29, 1.82) is 0 Å². The number of carbonyl (C=O) groups is 1. The number of amides is 1. The van der Waals surface area contributed by atoms with E-state index < -0.39 is 0 Å². The summed E-state index contributed by atoms with van der Waals surface area (Å²) in [6.45, 7) is 7.05. The van der Waals surface area contributed by atoms with E-state index in [1.807, 2.05) is 31.7 Å². The Balaban J connectivity index is 1.78. The molecule has 0 bridgehead atoms. The van der Waals surface area contributed by atoms with Crippen LogP contribution in [0.4, 0.5) is 0 Å². The Hall–Kier alpha value is -2.11. The molecule has 1 aliphatic heterocycles. The smallest absolute Gasteiger partial charge is 0.247 e. The molecule has 0 radical (unpaired) electrons. The van der Waals surface area contributed by atoms with E-state index in [2.05, 4.69) is 10.3 Å². The lowest BCUT2D eigenvalue weighted by Gasteiger charge is -2.28. The fourth-order valence-electron chi connectivity index (χ4n) is 2.74. The molecule has 0 saturated heterocycles. The maximum absolute atomic E-state index is 12.6. The Labute approximate surface area is 117 Å². The second-order valence-corrected chi connectivity index (χ2v) is 5.34. The van der Waals surface area contributed by atoms with Crippen LogP contribution in [0, 0.1) is 13.8 Å². The molecule has 20 heavy (non-hydrogen) atoms. The second-order valence-electron chi connectivity index (χ2n) is 5.34. The molecule has 0 saturated carbocycles. The van der Waals surface area contributed by atoms with Gasteiger partial charge in [-0.25, -0.2) is 0 Å². The van der Waals surface area contributed by atoms with Gasteiger partial charge in [-0.2, -0.15) is 5.10 Å². The molecule has 6 nitrogen and oxygen atoms in total. The quantitative estimate of drug-likeness (QED) is 0.835. The number of rotatable bonds is 2. The highest BCUT2D eigenvalue weighted by Crippen LogP contribution is 2.21. The minimum atomic E-state index is -0.287. The van der Waals surface area contributed by atoms with E-state index in [-0.39, 0.29) is 11.9 Å². The van der Waals surface area contributed by atoms with Crippen molar-refractivity contribution in [3.05, 3.63) is 35.0 Å². The Bertz CT molecular complexity index is 643. The van der Waals surface area contributed by atoms with Gasteiger partial charge in [-0.1, -0.05) is 5.16 Å². The van der Waals surface area contributed by atoms with Crippen LogP contribution in [-0.2, 0) is 17.8 Å². The predicted molar refractivity (Wildman–Crippen MR) is 72.0 cm³/mol. The maximum atomic E-state index is 12.6. The van der Waals surface area contributed by atoms with Crippen molar-refractivity contribution < 1.29 is 9.32 Å². The van der Waals surface area contributed by atoms with Crippen molar-refractivity contribution in [2.75, 3.05) is 6.54 Å². The van der Waals surface area contributed by atoms with Crippen LogP contribution in [0.3, 0.4) is 0 Å². The van der Waals surface area contributed by atoms with E-state index in [4.69, 9.17) is 4.52 Å². The van der Waals surface area contributed by atoms with Gasteiger partial charge >= 0.3 is 0 Å². The van der Waals surface area contributed by atoms with Gasteiger partial charge in [0.2, 0.25) is 5.91 Å². The second kappa shape index (κ2) is 4.77. The molecule has 2 aromatic heterocycles. The highest BCUT2D eigenvalue weighted by molar-refractivity contribution is 5.80. The first-order valence-electron chi connectivity index (χ1n) is 6.80. The zero-order valence-corrected chi connectivity index (χ0v) is 12.0. The third-order valence-electron chi connectivity index (χ3n) is 3.79. The number of hydrogen-bond acceptors (Lipinski definition) is 4. The minimum Gasteiger partial charge on any atom is -0.364 e. The molecule has 1 amide bonds. The normalized spacial score (nSPS) is 16.1. The lowest BCUT2D eigenvalue weighted by molar-refractivity contribution is -0.135. The maximum Gasteiger partial charge on any atom is 0.247 e. The van der Waals surface area contributed by atoms with Crippen LogP contribution in [0.15, 0.2) is 16.9 Å². The highest BCUT2D eigenvalue weighted by atomic mass is 16.5. The minimum absolute atomic E-state index is 0.0862. The lowest BCUT2D eigenvalue weighted by Crippen LogP contribution is -2.40. The fourth-order valence-corrected chi connectivity index (χ4v) is 2.74. The molecule has 0 spiro atoms. The van der Waals surface area contributed by atoms with Crippen molar-refractivity contribution in [3.63, 3.8) is 0 Å². The highest BCUT2D eigenvalue weighted by Gasteiger charge is 2.28. The average Bonchev–Trinajstić information content (AvgIpc) is 3.02. The molecule has 0 aliphatic carbocycles. The molecule has 0 N–H and O–H groups in total. The van der Waals surface area contributed by atoms with Gasteiger partial charge in [0.05, 0.1) is 17.9 Å². The molecule has 0 fully saturated rings. The average molecular weight is 274 g/mol. The Morgan fingerprint density at radius 3 is 2.95 bits per heavy atom. The van der Waals surface area contributed by atoms with E-state index >= 15 is 0 Å². The van der Waals surface area contributed by atoms with Crippen molar-refractivity contribution in [1.82, 2.24) is 19.8 Å². The van der Waals surface area contributed by atoms with Gasteiger partial charge in [0, 0.05) is 24.2 Å². The van der Waals surface area contributed by atoms with Gasteiger partial charge in [0.1, 0.15) is 12.3 Å². The third kappa shape index (κ3) is 2.11. The topological polar surface area (TPSA) is 64.2 Å². The van der Waals surface area contributed by atoms with E-state index in [1.165, 1.54) is 0 Å². The first-order chi connectivity index (χ1) is 9.56. The van der Waals surface area contributed by atoms with Gasteiger partial charge in [-0.15, -0.1) is 0 Å².